The van der Waals surface area contributed by atoms with Gasteiger partial charge in [0.1, 0.15) is 24.0 Å². The number of rotatable bonds is 21. The lowest BCUT2D eigenvalue weighted by molar-refractivity contribution is -0.153. The number of benzene rings is 4. The van der Waals surface area contributed by atoms with Crippen LogP contribution in [0.1, 0.15) is 81.2 Å². The van der Waals surface area contributed by atoms with Crippen molar-refractivity contribution in [2.75, 3.05) is 33.5 Å². The number of hydrogen-bond acceptors (Lipinski definition) is 11. The maximum atomic E-state index is 13.3. The summed E-state index contributed by atoms with van der Waals surface area (Å²) in [7, 11) is 1.55. The van der Waals surface area contributed by atoms with E-state index in [4.69, 9.17) is 30.3 Å². The quantitative estimate of drug-likeness (QED) is 0.0213. The fourth-order valence-corrected chi connectivity index (χ4v) is 6.03. The summed E-state index contributed by atoms with van der Waals surface area (Å²) in [6.07, 6.45) is 0.849. The van der Waals surface area contributed by atoms with E-state index in [-0.39, 0.29) is 57.1 Å². The van der Waals surface area contributed by atoms with Crippen LogP contribution in [0.5, 0.6) is 5.75 Å². The second-order valence-electron chi connectivity index (χ2n) is 16.0. The number of ether oxygens (including phenoxy) is 5. The van der Waals surface area contributed by atoms with Gasteiger partial charge in [0.2, 0.25) is 0 Å². The SMILES string of the molecule is [C-]#[N+]/C(C(=O)OCC(C)(C)COC(=O)CCCCC(=O)OCC(C)(C)COC(=O)C(C#N)=C(c1ccccc1)c1ccc(CO)cc1)=C(\c1ccccc1)c1ccc(OC)cc1. The summed E-state index contributed by atoms with van der Waals surface area (Å²) in [5.41, 5.74) is 2.15. The van der Waals surface area contributed by atoms with Gasteiger partial charge < -0.3 is 28.8 Å². The van der Waals surface area contributed by atoms with Crippen LogP contribution in [0.15, 0.2) is 120 Å². The van der Waals surface area contributed by atoms with Crippen LogP contribution in [0.25, 0.3) is 16.0 Å². The fraction of sp³-hybridized carbons (Fsp3) is 0.320. The number of aliphatic hydroxyl groups is 1. The van der Waals surface area contributed by atoms with Crippen molar-refractivity contribution in [2.24, 2.45) is 10.8 Å². The van der Waals surface area contributed by atoms with E-state index in [0.717, 1.165) is 0 Å². The van der Waals surface area contributed by atoms with E-state index < -0.39 is 34.7 Å². The molecule has 0 radical (unpaired) electrons. The van der Waals surface area contributed by atoms with Gasteiger partial charge in [0.05, 0.1) is 40.1 Å². The highest BCUT2D eigenvalue weighted by atomic mass is 16.6. The average molecular weight is 841 g/mol. The number of carbonyl (C=O) groups is 4. The molecule has 12 nitrogen and oxygen atoms in total. The minimum atomic E-state index is -0.821. The first-order valence-electron chi connectivity index (χ1n) is 20.1. The Labute approximate surface area is 363 Å². The Morgan fingerprint density at radius 1 is 0.613 bits per heavy atom. The Bertz CT molecular complexity index is 2130. The molecule has 0 atom stereocenters. The van der Waals surface area contributed by atoms with E-state index in [1.165, 1.54) is 0 Å². The third-order valence-electron chi connectivity index (χ3n) is 9.48. The molecule has 4 aromatic rings. The van der Waals surface area contributed by atoms with E-state index in [1.54, 1.807) is 108 Å². The molecular weight excluding hydrogens is 789 g/mol. The lowest BCUT2D eigenvalue weighted by Gasteiger charge is -2.24. The molecule has 0 amide bonds. The summed E-state index contributed by atoms with van der Waals surface area (Å²) in [6.45, 7) is 14.4. The van der Waals surface area contributed by atoms with Gasteiger partial charge in [-0.1, -0.05) is 125 Å². The maximum absolute atomic E-state index is 13.3. The van der Waals surface area contributed by atoms with Crippen molar-refractivity contribution in [3.05, 3.63) is 160 Å². The molecule has 1 N–H and O–H groups in total. The number of unbranched alkanes of at least 4 members (excludes halogenated alkanes) is 1. The number of hydrogen-bond donors (Lipinski definition) is 1. The summed E-state index contributed by atoms with van der Waals surface area (Å²) >= 11 is 0. The number of aliphatic hydroxyl groups excluding tert-OH is 1. The van der Waals surface area contributed by atoms with Gasteiger partial charge in [-0.3, -0.25) is 14.4 Å². The maximum Gasteiger partial charge on any atom is 0.349 e. The second-order valence-corrected chi connectivity index (χ2v) is 16.0. The van der Waals surface area contributed by atoms with Gasteiger partial charge in [0.15, 0.2) is 0 Å². The van der Waals surface area contributed by atoms with Crippen molar-refractivity contribution in [2.45, 2.75) is 60.0 Å². The topological polar surface area (TPSA) is 163 Å². The lowest BCUT2D eigenvalue weighted by atomic mass is 9.92. The molecule has 0 heterocycles. The van der Waals surface area contributed by atoms with Crippen LogP contribution in [-0.4, -0.2) is 62.5 Å². The normalized spacial score (nSPS) is 12.1. The van der Waals surface area contributed by atoms with Crippen molar-refractivity contribution in [3.8, 4) is 11.8 Å². The molecule has 4 aromatic carbocycles. The molecule has 0 aliphatic rings. The molecule has 0 aromatic heterocycles. The first-order chi connectivity index (χ1) is 29.7. The smallest absolute Gasteiger partial charge is 0.349 e. The first kappa shape index (κ1) is 47.7. The standard InChI is InChI=1S/C50H52N2O10/c1-49(2,33-61-47(56)41(29-51)44(36-15-9-7-10-16-36)38-23-21-35(30-53)22-24-38)31-59-42(54)19-13-14-20-43(55)60-32-50(3,4)34-62-48(57)46(52-5)45(37-17-11-8-12-18-37)39-25-27-40(58-6)28-26-39/h7-12,15-18,21-28,53H,13-14,19-20,30-34H2,1-4,6H3/b44-41?,46-45+. The van der Waals surface area contributed by atoms with Crippen molar-refractivity contribution in [3.63, 3.8) is 0 Å². The van der Waals surface area contributed by atoms with Crippen molar-refractivity contribution < 1.29 is 48.0 Å². The Hall–Kier alpha value is -7.02. The van der Waals surface area contributed by atoms with E-state index >= 15 is 0 Å². The predicted molar refractivity (Wildman–Crippen MR) is 232 cm³/mol. The number of carbonyl (C=O) groups excluding carboxylic acids is 4. The predicted octanol–water partition coefficient (Wildman–Crippen LogP) is 8.68. The Morgan fingerprint density at radius 2 is 1.03 bits per heavy atom. The van der Waals surface area contributed by atoms with Crippen LogP contribution < -0.4 is 4.74 Å². The van der Waals surface area contributed by atoms with Crippen molar-refractivity contribution >= 4 is 35.0 Å². The average Bonchev–Trinajstić information content (AvgIpc) is 3.29. The van der Waals surface area contributed by atoms with Gasteiger partial charge >= 0.3 is 23.9 Å². The third kappa shape index (κ3) is 14.3. The molecular formula is C50H52N2O10. The zero-order valence-electron chi connectivity index (χ0n) is 35.8. The molecule has 0 saturated carbocycles. The fourth-order valence-electron chi connectivity index (χ4n) is 6.03. The molecule has 0 aliphatic carbocycles. The molecule has 4 rings (SSSR count). The molecule has 0 bridgehead atoms. The van der Waals surface area contributed by atoms with Crippen LogP contribution in [0.3, 0.4) is 0 Å². The Morgan fingerprint density at radius 3 is 1.48 bits per heavy atom. The van der Waals surface area contributed by atoms with Crippen molar-refractivity contribution in [1.82, 2.24) is 0 Å². The number of nitrogens with zero attached hydrogens (tertiary/aromatic N) is 2. The summed E-state index contributed by atoms with van der Waals surface area (Å²) < 4.78 is 27.4. The summed E-state index contributed by atoms with van der Waals surface area (Å²) in [5.74, 6) is -1.95. The largest absolute Gasteiger partial charge is 0.497 e. The molecule has 0 aliphatic heterocycles. The zero-order chi connectivity index (χ0) is 45.1. The lowest BCUT2D eigenvalue weighted by Crippen LogP contribution is -2.29. The Balaban J connectivity index is 1.21. The highest BCUT2D eigenvalue weighted by molar-refractivity contribution is 6.05. The number of nitriles is 1. The minimum absolute atomic E-state index is 0.0428. The highest BCUT2D eigenvalue weighted by Gasteiger charge is 2.28. The zero-order valence-corrected chi connectivity index (χ0v) is 35.8. The summed E-state index contributed by atoms with van der Waals surface area (Å²) in [4.78, 5) is 55.3. The van der Waals surface area contributed by atoms with Crippen molar-refractivity contribution in [1.29, 1.82) is 5.26 Å². The number of methoxy groups -OCH3 is 1. The van der Waals surface area contributed by atoms with Gasteiger partial charge in [-0.2, -0.15) is 5.26 Å². The van der Waals surface area contributed by atoms with Gasteiger partial charge in [-0.05, 0) is 52.8 Å². The van der Waals surface area contributed by atoms with Gasteiger partial charge in [-0.25, -0.2) is 9.64 Å². The third-order valence-corrected chi connectivity index (χ3v) is 9.48. The van der Waals surface area contributed by atoms with Gasteiger partial charge in [0, 0.05) is 34.8 Å². The summed E-state index contributed by atoms with van der Waals surface area (Å²) in [5, 5.41) is 19.5. The van der Waals surface area contributed by atoms with E-state index in [0.29, 0.717) is 57.6 Å². The van der Waals surface area contributed by atoms with E-state index in [9.17, 15) is 29.5 Å². The van der Waals surface area contributed by atoms with E-state index in [1.807, 2.05) is 42.5 Å². The number of esters is 4. The van der Waals surface area contributed by atoms with Crippen LogP contribution in [0.4, 0.5) is 0 Å². The molecule has 62 heavy (non-hydrogen) atoms. The molecule has 322 valence electrons. The molecule has 0 spiro atoms. The molecule has 0 fully saturated rings. The molecule has 12 heteroatoms. The molecule has 0 saturated heterocycles. The van der Waals surface area contributed by atoms with Gasteiger partial charge in [-0.15, -0.1) is 0 Å². The minimum Gasteiger partial charge on any atom is -0.497 e. The highest BCUT2D eigenvalue weighted by Crippen LogP contribution is 2.31. The summed E-state index contributed by atoms with van der Waals surface area (Å²) in [6, 6.07) is 34.0. The first-order valence-corrected chi connectivity index (χ1v) is 20.1. The monoisotopic (exact) mass is 840 g/mol. The van der Waals surface area contributed by atoms with Crippen LogP contribution in [0.2, 0.25) is 0 Å². The second kappa shape index (κ2) is 23.1. The Kier molecular flexibility index (Phi) is 17.8. The van der Waals surface area contributed by atoms with Crippen LogP contribution in [-0.2, 0) is 44.7 Å². The van der Waals surface area contributed by atoms with Crippen LogP contribution in [0, 0.1) is 28.7 Å². The van der Waals surface area contributed by atoms with Crippen LogP contribution >= 0.6 is 0 Å². The molecule has 0 unspecified atom stereocenters. The van der Waals surface area contributed by atoms with E-state index in [2.05, 4.69) is 4.85 Å². The van der Waals surface area contributed by atoms with Gasteiger partial charge in [0.25, 0.3) is 5.70 Å².